The molecular weight excluding hydrogens is 246 g/mol. The van der Waals surface area contributed by atoms with Crippen molar-refractivity contribution in [1.82, 2.24) is 4.90 Å². The van der Waals surface area contributed by atoms with Gasteiger partial charge in [0, 0.05) is 27.4 Å². The molecule has 0 aliphatic heterocycles. The molecule has 0 bridgehead atoms. The maximum atomic E-state index is 5.40. The molecule has 0 aliphatic carbocycles. The molecule has 0 aromatic carbocycles. The third kappa shape index (κ3) is 6.85. The van der Waals surface area contributed by atoms with Gasteiger partial charge in [0.25, 0.3) is 0 Å². The van der Waals surface area contributed by atoms with Crippen LogP contribution in [0.3, 0.4) is 0 Å². The highest BCUT2D eigenvalue weighted by molar-refractivity contribution is 6.60. The zero-order valence-electron chi connectivity index (χ0n) is 12.8. The average molecular weight is 277 g/mol. The molecule has 0 heterocycles. The number of hydrogen-bond donors (Lipinski definition) is 0. The van der Waals surface area contributed by atoms with Crippen molar-refractivity contribution in [2.75, 3.05) is 41.0 Å². The molecule has 0 aromatic heterocycles. The summed E-state index contributed by atoms with van der Waals surface area (Å²) in [5, 5.41) is 0. The Hall–Kier alpha value is 0.0569. The Morgan fingerprint density at radius 1 is 0.778 bits per heavy atom. The van der Waals surface area contributed by atoms with Gasteiger partial charge in [0.1, 0.15) is 0 Å². The van der Waals surface area contributed by atoms with Gasteiger partial charge in [-0.2, -0.15) is 0 Å². The monoisotopic (exact) mass is 277 g/mol. The van der Waals surface area contributed by atoms with Crippen LogP contribution in [0.4, 0.5) is 0 Å². The van der Waals surface area contributed by atoms with Gasteiger partial charge < -0.3 is 18.2 Å². The molecule has 0 rings (SSSR count). The van der Waals surface area contributed by atoms with Gasteiger partial charge in [-0.05, 0) is 32.5 Å². The Balaban J connectivity index is 3.61. The third-order valence-corrected chi connectivity index (χ3v) is 6.37. The summed E-state index contributed by atoms with van der Waals surface area (Å²) in [7, 11) is 2.72. The molecule has 110 valence electrons. The first-order valence-electron chi connectivity index (χ1n) is 7.05. The molecule has 4 nitrogen and oxygen atoms in total. The van der Waals surface area contributed by atoms with E-state index in [1.807, 2.05) is 0 Å². The first-order chi connectivity index (χ1) is 8.67. The van der Waals surface area contributed by atoms with Crippen molar-refractivity contribution in [1.29, 1.82) is 0 Å². The van der Waals surface area contributed by atoms with Crippen LogP contribution in [0.1, 0.15) is 39.5 Å². The van der Waals surface area contributed by atoms with E-state index < -0.39 is 8.80 Å². The summed E-state index contributed by atoms with van der Waals surface area (Å²) in [4.78, 5) is 2.47. The Bertz CT molecular complexity index is 177. The summed E-state index contributed by atoms with van der Waals surface area (Å²) in [5.41, 5.74) is 0. The second-order valence-electron chi connectivity index (χ2n) is 4.49. The smallest absolute Gasteiger partial charge is 0.377 e. The predicted octanol–water partition coefficient (Wildman–Crippen LogP) is 2.77. The van der Waals surface area contributed by atoms with Gasteiger partial charge in [0.2, 0.25) is 0 Å². The molecule has 18 heavy (non-hydrogen) atoms. The second kappa shape index (κ2) is 10.9. The highest BCUT2D eigenvalue weighted by Crippen LogP contribution is 2.17. The third-order valence-electron chi connectivity index (χ3n) is 3.53. The Morgan fingerprint density at radius 3 is 1.72 bits per heavy atom. The zero-order chi connectivity index (χ0) is 13.9. The second-order valence-corrected chi connectivity index (χ2v) is 7.58. The van der Waals surface area contributed by atoms with E-state index in [2.05, 4.69) is 18.7 Å². The van der Waals surface area contributed by atoms with Gasteiger partial charge in [-0.15, -0.1) is 0 Å². The molecule has 0 fully saturated rings. The number of nitrogens with zero attached hydrogens (tertiary/aromatic N) is 1. The lowest BCUT2D eigenvalue weighted by atomic mass is 10.2. The maximum Gasteiger partial charge on any atom is 0.500 e. The summed E-state index contributed by atoms with van der Waals surface area (Å²) >= 11 is 0. The Labute approximate surface area is 114 Å². The Kier molecular flexibility index (Phi) is 11.0. The molecule has 0 amide bonds. The first-order valence-corrected chi connectivity index (χ1v) is 8.99. The molecule has 0 spiro atoms. The fourth-order valence-electron chi connectivity index (χ4n) is 2.13. The van der Waals surface area contributed by atoms with Crippen molar-refractivity contribution in [3.8, 4) is 0 Å². The SMILES string of the molecule is CCN(CC)CCCCCC[Si](OC)(OC)OC. The predicted molar refractivity (Wildman–Crippen MR) is 77.8 cm³/mol. The van der Waals surface area contributed by atoms with Crippen LogP contribution in [0, 0.1) is 0 Å². The molecule has 0 atom stereocenters. The van der Waals surface area contributed by atoms with Crippen LogP contribution in [0.15, 0.2) is 0 Å². The van der Waals surface area contributed by atoms with Crippen molar-refractivity contribution in [3.05, 3.63) is 0 Å². The van der Waals surface area contributed by atoms with Crippen LogP contribution < -0.4 is 0 Å². The number of unbranched alkanes of at least 4 members (excludes halogenated alkanes) is 3. The topological polar surface area (TPSA) is 30.9 Å². The zero-order valence-corrected chi connectivity index (χ0v) is 13.8. The molecule has 5 heteroatoms. The van der Waals surface area contributed by atoms with Crippen LogP contribution in [0.2, 0.25) is 6.04 Å². The van der Waals surface area contributed by atoms with Crippen molar-refractivity contribution in [2.24, 2.45) is 0 Å². The summed E-state index contributed by atoms with van der Waals surface area (Å²) in [6.45, 7) is 7.97. The molecule has 0 radical (unpaired) electrons. The lowest BCUT2D eigenvalue weighted by Gasteiger charge is -2.24. The molecule has 0 N–H and O–H groups in total. The van der Waals surface area contributed by atoms with Gasteiger partial charge in [-0.25, -0.2) is 0 Å². The minimum Gasteiger partial charge on any atom is -0.377 e. The normalized spacial score (nSPS) is 12.3. The molecule has 0 aromatic rings. The molecule has 0 aliphatic rings. The van der Waals surface area contributed by atoms with Gasteiger partial charge in [-0.3, -0.25) is 0 Å². The van der Waals surface area contributed by atoms with E-state index in [0.717, 1.165) is 25.6 Å². The van der Waals surface area contributed by atoms with Crippen LogP contribution >= 0.6 is 0 Å². The molecule has 0 saturated carbocycles. The van der Waals surface area contributed by atoms with E-state index in [4.69, 9.17) is 13.3 Å². The van der Waals surface area contributed by atoms with Crippen molar-refractivity contribution >= 4 is 8.80 Å². The summed E-state index contributed by atoms with van der Waals surface area (Å²) in [6.07, 6.45) is 4.91. The quantitative estimate of drug-likeness (QED) is 0.405. The van der Waals surface area contributed by atoms with E-state index >= 15 is 0 Å². The minimum absolute atomic E-state index is 0.918. The molecular formula is C13H31NO3Si. The van der Waals surface area contributed by atoms with Crippen LogP contribution in [-0.2, 0) is 13.3 Å². The van der Waals surface area contributed by atoms with Gasteiger partial charge in [0.05, 0.1) is 0 Å². The van der Waals surface area contributed by atoms with E-state index in [1.54, 1.807) is 21.3 Å². The largest absolute Gasteiger partial charge is 0.500 e. The summed E-state index contributed by atoms with van der Waals surface area (Å²) in [5.74, 6) is 0. The number of hydrogen-bond acceptors (Lipinski definition) is 4. The summed E-state index contributed by atoms with van der Waals surface area (Å²) < 4.78 is 16.2. The van der Waals surface area contributed by atoms with Crippen molar-refractivity contribution < 1.29 is 13.3 Å². The lowest BCUT2D eigenvalue weighted by Crippen LogP contribution is -2.42. The minimum atomic E-state index is -2.32. The lowest BCUT2D eigenvalue weighted by molar-refractivity contribution is 0.122. The van der Waals surface area contributed by atoms with E-state index in [1.165, 1.54) is 25.8 Å². The van der Waals surface area contributed by atoms with Crippen LogP contribution in [0.25, 0.3) is 0 Å². The van der Waals surface area contributed by atoms with Gasteiger partial charge >= 0.3 is 8.80 Å². The highest BCUT2D eigenvalue weighted by Gasteiger charge is 2.36. The van der Waals surface area contributed by atoms with Crippen LogP contribution in [0.5, 0.6) is 0 Å². The number of rotatable bonds is 12. The van der Waals surface area contributed by atoms with E-state index in [0.29, 0.717) is 0 Å². The van der Waals surface area contributed by atoms with Gasteiger partial charge in [0.15, 0.2) is 0 Å². The van der Waals surface area contributed by atoms with Crippen molar-refractivity contribution in [2.45, 2.75) is 45.6 Å². The van der Waals surface area contributed by atoms with Crippen molar-refractivity contribution in [3.63, 3.8) is 0 Å². The molecule has 0 saturated heterocycles. The van der Waals surface area contributed by atoms with Crippen LogP contribution in [-0.4, -0.2) is 54.7 Å². The maximum absolute atomic E-state index is 5.40. The van der Waals surface area contributed by atoms with Gasteiger partial charge in [-0.1, -0.05) is 26.7 Å². The van der Waals surface area contributed by atoms with E-state index in [9.17, 15) is 0 Å². The first kappa shape index (κ1) is 18.1. The average Bonchev–Trinajstić information content (AvgIpc) is 2.43. The highest BCUT2D eigenvalue weighted by atomic mass is 28.4. The standard InChI is InChI=1S/C13H31NO3Si/c1-6-14(7-2)12-10-8-9-11-13-18(15-3,16-4)17-5/h6-13H2,1-5H3. The Morgan fingerprint density at radius 2 is 1.28 bits per heavy atom. The molecule has 0 unspecified atom stereocenters. The van der Waals surface area contributed by atoms with E-state index in [-0.39, 0.29) is 0 Å². The fourth-order valence-corrected chi connectivity index (χ4v) is 3.92. The summed E-state index contributed by atoms with van der Waals surface area (Å²) in [6, 6.07) is 0.918. The fraction of sp³-hybridized carbons (Fsp3) is 1.00.